The van der Waals surface area contributed by atoms with Crippen molar-refractivity contribution in [2.75, 3.05) is 23.8 Å². The predicted octanol–water partition coefficient (Wildman–Crippen LogP) is 4.53. The number of H-pyrrole nitrogens is 1. The number of hydrogen-bond donors (Lipinski definition) is 3. The van der Waals surface area contributed by atoms with Gasteiger partial charge in [-0.05, 0) is 25.8 Å². The zero-order valence-electron chi connectivity index (χ0n) is 16.3. The van der Waals surface area contributed by atoms with Gasteiger partial charge < -0.3 is 15.4 Å². The molecule has 3 aromatic rings. The van der Waals surface area contributed by atoms with Crippen LogP contribution in [0.2, 0.25) is 0 Å². The van der Waals surface area contributed by atoms with Crippen molar-refractivity contribution >= 4 is 17.5 Å². The number of aromatic nitrogens is 4. The van der Waals surface area contributed by atoms with Gasteiger partial charge in [-0.25, -0.2) is 9.97 Å². The van der Waals surface area contributed by atoms with Crippen molar-refractivity contribution in [3.8, 4) is 11.4 Å². The van der Waals surface area contributed by atoms with Crippen LogP contribution in [-0.4, -0.2) is 39.4 Å². The summed E-state index contributed by atoms with van der Waals surface area (Å²) in [6, 6.07) is 8.86. The second kappa shape index (κ2) is 8.31. The summed E-state index contributed by atoms with van der Waals surface area (Å²) < 4.78 is 46.0. The summed E-state index contributed by atoms with van der Waals surface area (Å²) in [6.07, 6.45) is -2.93. The number of aromatic amines is 1. The molecular formula is C20H21F3N6O. The molecule has 30 heavy (non-hydrogen) atoms. The Labute approximate surface area is 171 Å². The number of alkyl halides is 3. The fourth-order valence-corrected chi connectivity index (χ4v) is 3.30. The molecule has 1 fully saturated rings. The van der Waals surface area contributed by atoms with Gasteiger partial charge in [0.1, 0.15) is 11.6 Å². The van der Waals surface area contributed by atoms with Crippen molar-refractivity contribution in [3.05, 3.63) is 47.7 Å². The fourth-order valence-electron chi connectivity index (χ4n) is 3.30. The van der Waals surface area contributed by atoms with Crippen LogP contribution in [0.25, 0.3) is 11.4 Å². The maximum absolute atomic E-state index is 13.5. The summed E-state index contributed by atoms with van der Waals surface area (Å²) in [5.41, 5.74) is -0.0218. The third-order valence-electron chi connectivity index (χ3n) is 4.73. The van der Waals surface area contributed by atoms with Crippen molar-refractivity contribution in [1.29, 1.82) is 0 Å². The highest BCUT2D eigenvalue weighted by atomic mass is 19.4. The van der Waals surface area contributed by atoms with Crippen LogP contribution in [0.4, 0.5) is 30.6 Å². The largest absolute Gasteiger partial charge is 0.417 e. The van der Waals surface area contributed by atoms with E-state index < -0.39 is 11.7 Å². The van der Waals surface area contributed by atoms with Crippen molar-refractivity contribution in [2.24, 2.45) is 0 Å². The maximum Gasteiger partial charge on any atom is 0.417 e. The highest BCUT2D eigenvalue weighted by Gasteiger charge is 2.34. The van der Waals surface area contributed by atoms with E-state index >= 15 is 0 Å². The Kier molecular flexibility index (Phi) is 5.58. The van der Waals surface area contributed by atoms with Gasteiger partial charge in [0, 0.05) is 42.6 Å². The monoisotopic (exact) mass is 418 g/mol. The first-order valence-corrected chi connectivity index (χ1v) is 9.57. The molecule has 0 saturated carbocycles. The number of rotatable bonds is 5. The van der Waals surface area contributed by atoms with Crippen molar-refractivity contribution in [1.82, 2.24) is 20.2 Å². The fraction of sp³-hybridized carbons (Fsp3) is 0.350. The average molecular weight is 418 g/mol. The molecule has 0 unspecified atom stereocenters. The number of aryl methyl sites for hydroxylation is 1. The highest BCUT2D eigenvalue weighted by Crippen LogP contribution is 2.36. The van der Waals surface area contributed by atoms with E-state index in [1.54, 1.807) is 12.1 Å². The number of halogens is 3. The van der Waals surface area contributed by atoms with Crippen LogP contribution in [0.15, 0.2) is 36.4 Å². The Hall–Kier alpha value is -3.14. The normalized spacial score (nSPS) is 15.2. The Morgan fingerprint density at radius 3 is 2.47 bits per heavy atom. The number of benzene rings is 1. The molecular weight excluding hydrogens is 397 g/mol. The Balaban J connectivity index is 1.73. The van der Waals surface area contributed by atoms with Crippen LogP contribution < -0.4 is 10.6 Å². The first kappa shape index (κ1) is 20.1. The van der Waals surface area contributed by atoms with Gasteiger partial charge in [0.25, 0.3) is 0 Å². The lowest BCUT2D eigenvalue weighted by Crippen LogP contribution is -2.28. The van der Waals surface area contributed by atoms with Crippen molar-refractivity contribution < 1.29 is 17.9 Å². The molecule has 0 radical (unpaired) electrons. The highest BCUT2D eigenvalue weighted by molar-refractivity contribution is 5.67. The maximum atomic E-state index is 13.5. The minimum Gasteiger partial charge on any atom is -0.381 e. The second-order valence-corrected chi connectivity index (χ2v) is 7.10. The molecule has 1 aliphatic heterocycles. The van der Waals surface area contributed by atoms with Crippen LogP contribution in [0.3, 0.4) is 0 Å². The van der Waals surface area contributed by atoms with Crippen LogP contribution in [0.1, 0.15) is 24.1 Å². The second-order valence-electron chi connectivity index (χ2n) is 7.10. The summed E-state index contributed by atoms with van der Waals surface area (Å²) in [5, 5.41) is 13.2. The predicted molar refractivity (Wildman–Crippen MR) is 107 cm³/mol. The molecule has 10 heteroatoms. The van der Waals surface area contributed by atoms with Crippen molar-refractivity contribution in [3.63, 3.8) is 0 Å². The number of nitrogens with one attached hydrogen (secondary N) is 3. The van der Waals surface area contributed by atoms with Crippen LogP contribution in [-0.2, 0) is 10.9 Å². The Morgan fingerprint density at radius 1 is 1.03 bits per heavy atom. The van der Waals surface area contributed by atoms with Crippen molar-refractivity contribution in [2.45, 2.75) is 32.0 Å². The van der Waals surface area contributed by atoms with E-state index in [2.05, 4.69) is 30.8 Å². The van der Waals surface area contributed by atoms with E-state index in [0.717, 1.165) is 24.6 Å². The van der Waals surface area contributed by atoms with E-state index in [9.17, 15) is 13.2 Å². The zero-order valence-corrected chi connectivity index (χ0v) is 16.3. The van der Waals surface area contributed by atoms with Crippen LogP contribution in [0, 0.1) is 6.92 Å². The lowest BCUT2D eigenvalue weighted by atomic mass is 10.1. The summed E-state index contributed by atoms with van der Waals surface area (Å²) in [5.74, 6) is 1.28. The van der Waals surface area contributed by atoms with Gasteiger partial charge in [0.15, 0.2) is 11.6 Å². The molecule has 0 atom stereocenters. The molecule has 1 aliphatic rings. The standard InChI is InChI=1S/C20H21F3N6O/c1-12-10-18(29-28-12)25-17-11-16(24-13-6-8-30-9-7-13)26-19(27-17)14-4-2-3-5-15(14)20(21,22)23/h2-5,10-11,13H,6-9H2,1H3,(H3,24,25,26,27,28,29). The molecule has 4 rings (SSSR count). The number of nitrogens with zero attached hydrogens (tertiary/aromatic N) is 3. The summed E-state index contributed by atoms with van der Waals surface area (Å²) >= 11 is 0. The molecule has 0 amide bonds. The third kappa shape index (κ3) is 4.70. The lowest BCUT2D eigenvalue weighted by Gasteiger charge is -2.24. The SMILES string of the molecule is Cc1cc(Nc2cc(NC3CCOCC3)nc(-c3ccccc3C(F)(F)F)n2)n[nH]1. The molecule has 0 spiro atoms. The molecule has 1 aromatic carbocycles. The van der Waals surface area contributed by atoms with Gasteiger partial charge in [-0.2, -0.15) is 18.3 Å². The van der Waals surface area contributed by atoms with E-state index in [0.29, 0.717) is 30.7 Å². The number of ether oxygens (including phenoxy) is 1. The van der Waals surface area contributed by atoms with Gasteiger partial charge in [0.2, 0.25) is 0 Å². The topological polar surface area (TPSA) is 87.8 Å². The molecule has 158 valence electrons. The van der Waals surface area contributed by atoms with Gasteiger partial charge in [0.05, 0.1) is 5.56 Å². The lowest BCUT2D eigenvalue weighted by molar-refractivity contribution is -0.137. The molecule has 7 nitrogen and oxygen atoms in total. The molecule has 0 aliphatic carbocycles. The minimum absolute atomic E-state index is 0.0188. The van der Waals surface area contributed by atoms with Crippen LogP contribution in [0.5, 0.6) is 0 Å². The molecule has 3 heterocycles. The van der Waals surface area contributed by atoms with Gasteiger partial charge in [-0.1, -0.05) is 18.2 Å². The van der Waals surface area contributed by atoms with E-state index in [4.69, 9.17) is 4.74 Å². The summed E-state index contributed by atoms with van der Waals surface area (Å²) in [7, 11) is 0. The summed E-state index contributed by atoms with van der Waals surface area (Å²) in [4.78, 5) is 8.72. The molecule has 1 saturated heterocycles. The van der Waals surface area contributed by atoms with E-state index in [1.807, 2.05) is 6.92 Å². The first-order chi connectivity index (χ1) is 14.4. The number of anilines is 3. The van der Waals surface area contributed by atoms with Crippen LogP contribution >= 0.6 is 0 Å². The quantitative estimate of drug-likeness (QED) is 0.564. The number of hydrogen-bond acceptors (Lipinski definition) is 6. The molecule has 0 bridgehead atoms. The minimum atomic E-state index is -4.52. The van der Waals surface area contributed by atoms with Gasteiger partial charge in [-0.15, -0.1) is 0 Å². The Bertz CT molecular complexity index is 1010. The van der Waals surface area contributed by atoms with Gasteiger partial charge in [-0.3, -0.25) is 5.10 Å². The first-order valence-electron chi connectivity index (χ1n) is 9.57. The Morgan fingerprint density at radius 2 is 1.77 bits per heavy atom. The molecule has 3 N–H and O–H groups in total. The van der Waals surface area contributed by atoms with Gasteiger partial charge >= 0.3 is 6.18 Å². The van der Waals surface area contributed by atoms with E-state index in [-0.39, 0.29) is 17.4 Å². The third-order valence-corrected chi connectivity index (χ3v) is 4.73. The zero-order chi connectivity index (χ0) is 21.1. The van der Waals surface area contributed by atoms with E-state index in [1.165, 1.54) is 18.2 Å². The molecule has 2 aromatic heterocycles. The average Bonchev–Trinajstić information content (AvgIpc) is 3.12. The smallest absolute Gasteiger partial charge is 0.381 e. The summed E-state index contributed by atoms with van der Waals surface area (Å²) in [6.45, 7) is 3.11.